The number of anilines is 1. The molecular weight excluding hydrogens is 402 g/mol. The first-order chi connectivity index (χ1) is 15.5. The molecule has 1 aliphatic heterocycles. The Kier molecular flexibility index (Phi) is 5.17. The zero-order valence-corrected chi connectivity index (χ0v) is 18.4. The fourth-order valence-electron chi connectivity index (χ4n) is 4.62. The lowest BCUT2D eigenvalue weighted by Gasteiger charge is -2.33. The van der Waals surface area contributed by atoms with Crippen molar-refractivity contribution < 1.29 is 0 Å². The molecule has 3 heterocycles. The average Bonchev–Trinajstić information content (AvgIpc) is 3.19. The van der Waals surface area contributed by atoms with E-state index in [0.717, 1.165) is 18.1 Å². The van der Waals surface area contributed by atoms with Gasteiger partial charge in [0.05, 0.1) is 0 Å². The highest BCUT2D eigenvalue weighted by molar-refractivity contribution is 5.75. The zero-order valence-electron chi connectivity index (χ0n) is 18.4. The highest BCUT2D eigenvalue weighted by Gasteiger charge is 2.29. The van der Waals surface area contributed by atoms with E-state index in [9.17, 15) is 9.59 Å². The highest BCUT2D eigenvalue weighted by Crippen LogP contribution is 2.28. The lowest BCUT2D eigenvalue weighted by Crippen LogP contribution is -2.41. The van der Waals surface area contributed by atoms with Gasteiger partial charge in [-0.1, -0.05) is 67.6 Å². The summed E-state index contributed by atoms with van der Waals surface area (Å²) >= 11 is 0. The molecule has 7 heteroatoms. The molecule has 0 saturated carbocycles. The van der Waals surface area contributed by atoms with Gasteiger partial charge in [0.2, 0.25) is 5.95 Å². The van der Waals surface area contributed by atoms with E-state index in [4.69, 9.17) is 4.98 Å². The summed E-state index contributed by atoms with van der Waals surface area (Å²) in [6, 6.07) is 20.2. The molecule has 0 amide bonds. The number of aryl methyl sites for hydroxylation is 2. The smallest absolute Gasteiger partial charge is 0.332 e. The maximum atomic E-state index is 13.5. The molecule has 2 aromatic carbocycles. The van der Waals surface area contributed by atoms with Crippen LogP contribution in [0.5, 0.6) is 0 Å². The van der Waals surface area contributed by atoms with E-state index >= 15 is 0 Å². The van der Waals surface area contributed by atoms with Crippen molar-refractivity contribution in [3.05, 3.63) is 92.6 Å². The van der Waals surface area contributed by atoms with E-state index in [1.165, 1.54) is 14.7 Å². The standard InChI is InChI=1S/C25H27N5O2/c1-18-15-28(17-20-11-7-4-8-12-20)24-26-22-21(30(24)16-18)23(31)29(25(32)27(22)2)14-13-19-9-5-3-6-10-19/h3-12,18H,13-17H2,1-2H3. The molecule has 0 spiro atoms. The van der Waals surface area contributed by atoms with Crippen LogP contribution in [0.2, 0.25) is 0 Å². The lowest BCUT2D eigenvalue weighted by atomic mass is 10.1. The number of imidazole rings is 1. The summed E-state index contributed by atoms with van der Waals surface area (Å²) < 4.78 is 4.87. The number of hydrogen-bond acceptors (Lipinski definition) is 4. The fourth-order valence-corrected chi connectivity index (χ4v) is 4.62. The summed E-state index contributed by atoms with van der Waals surface area (Å²) in [5, 5.41) is 0. The molecule has 1 unspecified atom stereocenters. The van der Waals surface area contributed by atoms with Crippen LogP contribution in [-0.4, -0.2) is 25.2 Å². The number of aromatic nitrogens is 4. The highest BCUT2D eigenvalue weighted by atomic mass is 16.2. The van der Waals surface area contributed by atoms with Gasteiger partial charge >= 0.3 is 5.69 Å². The summed E-state index contributed by atoms with van der Waals surface area (Å²) in [6.45, 7) is 4.81. The summed E-state index contributed by atoms with van der Waals surface area (Å²) in [7, 11) is 1.70. The largest absolute Gasteiger partial charge is 0.338 e. The van der Waals surface area contributed by atoms with Crippen LogP contribution in [0.25, 0.3) is 11.2 Å². The van der Waals surface area contributed by atoms with Crippen LogP contribution in [-0.2, 0) is 33.1 Å². The Balaban J connectivity index is 1.59. The van der Waals surface area contributed by atoms with E-state index in [1.54, 1.807) is 7.05 Å². The minimum absolute atomic E-state index is 0.258. The zero-order chi connectivity index (χ0) is 22.2. The van der Waals surface area contributed by atoms with Gasteiger partial charge in [-0.2, -0.15) is 4.98 Å². The molecule has 0 saturated heterocycles. The Labute approximate surface area is 186 Å². The third-order valence-electron chi connectivity index (χ3n) is 6.20. The molecule has 0 fully saturated rings. The van der Waals surface area contributed by atoms with E-state index in [1.807, 2.05) is 53.1 Å². The van der Waals surface area contributed by atoms with Crippen LogP contribution >= 0.6 is 0 Å². The number of hydrogen-bond donors (Lipinski definition) is 0. The second kappa shape index (κ2) is 8.15. The van der Waals surface area contributed by atoms with Gasteiger partial charge in [-0.05, 0) is 23.5 Å². The van der Waals surface area contributed by atoms with E-state index < -0.39 is 0 Å². The topological polar surface area (TPSA) is 65.1 Å². The van der Waals surface area contributed by atoms with Gasteiger partial charge in [0.25, 0.3) is 5.56 Å². The Hall–Kier alpha value is -3.61. The van der Waals surface area contributed by atoms with Crippen molar-refractivity contribution >= 4 is 17.1 Å². The Morgan fingerprint density at radius 3 is 2.28 bits per heavy atom. The molecular formula is C25H27N5O2. The van der Waals surface area contributed by atoms with Crippen molar-refractivity contribution in [2.24, 2.45) is 13.0 Å². The molecule has 32 heavy (non-hydrogen) atoms. The van der Waals surface area contributed by atoms with Crippen molar-refractivity contribution in [2.45, 2.75) is 33.0 Å². The molecule has 0 radical (unpaired) electrons. The van der Waals surface area contributed by atoms with Gasteiger partial charge < -0.3 is 9.47 Å². The Morgan fingerprint density at radius 2 is 1.59 bits per heavy atom. The van der Waals surface area contributed by atoms with Crippen molar-refractivity contribution in [3.63, 3.8) is 0 Å². The minimum Gasteiger partial charge on any atom is -0.338 e. The first-order valence-corrected chi connectivity index (χ1v) is 11.1. The van der Waals surface area contributed by atoms with Crippen molar-refractivity contribution in [1.82, 2.24) is 18.7 Å². The van der Waals surface area contributed by atoms with Crippen molar-refractivity contribution in [1.29, 1.82) is 0 Å². The monoisotopic (exact) mass is 429 g/mol. The second-order valence-electron chi connectivity index (χ2n) is 8.70. The van der Waals surface area contributed by atoms with Gasteiger partial charge in [0.15, 0.2) is 11.2 Å². The molecule has 0 aliphatic carbocycles. The molecule has 2 aromatic heterocycles. The molecule has 0 bridgehead atoms. The Morgan fingerprint density at radius 1 is 0.938 bits per heavy atom. The molecule has 164 valence electrons. The summed E-state index contributed by atoms with van der Waals surface area (Å²) in [6.07, 6.45) is 0.624. The third kappa shape index (κ3) is 3.53. The Bertz CT molecular complexity index is 1370. The van der Waals surface area contributed by atoms with Gasteiger partial charge in [-0.25, -0.2) is 4.79 Å². The van der Waals surface area contributed by atoms with Crippen LogP contribution in [0.1, 0.15) is 18.1 Å². The maximum Gasteiger partial charge on any atom is 0.332 e. The number of benzene rings is 2. The number of fused-ring (bicyclic) bond motifs is 3. The van der Waals surface area contributed by atoms with Gasteiger partial charge in [-0.3, -0.25) is 13.9 Å². The van der Waals surface area contributed by atoms with Crippen LogP contribution in [0.4, 0.5) is 5.95 Å². The summed E-state index contributed by atoms with van der Waals surface area (Å²) in [5.74, 6) is 1.12. The van der Waals surface area contributed by atoms with E-state index in [0.29, 0.717) is 43.1 Å². The molecule has 0 N–H and O–H groups in total. The van der Waals surface area contributed by atoms with Crippen molar-refractivity contribution in [3.8, 4) is 0 Å². The van der Waals surface area contributed by atoms with E-state index in [2.05, 4.69) is 24.0 Å². The van der Waals surface area contributed by atoms with Crippen LogP contribution in [0.3, 0.4) is 0 Å². The minimum atomic E-state index is -0.323. The summed E-state index contributed by atoms with van der Waals surface area (Å²) in [5.41, 5.74) is 2.68. The molecule has 1 atom stereocenters. The molecule has 5 rings (SSSR count). The van der Waals surface area contributed by atoms with Crippen LogP contribution < -0.4 is 16.1 Å². The lowest BCUT2D eigenvalue weighted by molar-refractivity contribution is 0.435. The fraction of sp³-hybridized carbons (Fsp3) is 0.320. The van der Waals surface area contributed by atoms with Crippen LogP contribution in [0, 0.1) is 5.92 Å². The third-order valence-corrected chi connectivity index (χ3v) is 6.20. The number of rotatable bonds is 5. The summed E-state index contributed by atoms with van der Waals surface area (Å²) in [4.78, 5) is 33.5. The van der Waals surface area contributed by atoms with Crippen LogP contribution in [0.15, 0.2) is 70.3 Å². The first-order valence-electron chi connectivity index (χ1n) is 11.1. The second-order valence-corrected chi connectivity index (χ2v) is 8.70. The normalized spacial score (nSPS) is 15.8. The number of nitrogens with zero attached hydrogens (tertiary/aromatic N) is 5. The quantitative estimate of drug-likeness (QED) is 0.489. The average molecular weight is 430 g/mol. The van der Waals surface area contributed by atoms with Crippen molar-refractivity contribution in [2.75, 3.05) is 11.4 Å². The predicted molar refractivity (Wildman–Crippen MR) is 126 cm³/mol. The maximum absolute atomic E-state index is 13.5. The van der Waals surface area contributed by atoms with Gasteiger partial charge in [-0.15, -0.1) is 0 Å². The SMILES string of the molecule is CC1CN(Cc2ccccc2)c2nc3c(c(=O)n(CCc4ccccc4)c(=O)n3C)n2C1. The molecule has 1 aliphatic rings. The predicted octanol–water partition coefficient (Wildman–Crippen LogP) is 2.80. The van der Waals surface area contributed by atoms with E-state index in [-0.39, 0.29) is 11.2 Å². The first kappa shape index (κ1) is 20.3. The molecule has 4 aromatic rings. The van der Waals surface area contributed by atoms with Gasteiger partial charge in [0.1, 0.15) is 0 Å². The molecule has 7 nitrogen and oxygen atoms in total. The van der Waals surface area contributed by atoms with Gasteiger partial charge in [0, 0.05) is 33.2 Å².